The van der Waals surface area contributed by atoms with Crippen molar-refractivity contribution in [2.45, 2.75) is 52.1 Å². The van der Waals surface area contributed by atoms with Crippen LogP contribution in [0.1, 0.15) is 43.8 Å². The number of para-hydroxylation sites is 1. The molecule has 13 heteroatoms. The van der Waals surface area contributed by atoms with Gasteiger partial charge >= 0.3 is 0 Å². The Balaban J connectivity index is 1.85. The van der Waals surface area contributed by atoms with E-state index in [9.17, 15) is 8.42 Å². The lowest BCUT2D eigenvalue weighted by Crippen LogP contribution is -2.35. The molecule has 3 heterocycles. The lowest BCUT2D eigenvalue weighted by atomic mass is 10.2. The Kier molecular flexibility index (Phi) is 8.64. The molecule has 4 rings (SSSR count). The number of sulfonamides is 1. The smallest absolute Gasteiger partial charge is 0.243 e. The van der Waals surface area contributed by atoms with E-state index in [0.717, 1.165) is 11.1 Å². The molecule has 2 atom stereocenters. The predicted molar refractivity (Wildman–Crippen MR) is 150 cm³/mol. The highest BCUT2D eigenvalue weighted by Gasteiger charge is 2.36. The number of anilines is 1. The second kappa shape index (κ2) is 12.0. The lowest BCUT2D eigenvalue weighted by molar-refractivity contribution is 0.00152. The van der Waals surface area contributed by atoms with Crippen LogP contribution in [0, 0.1) is 13.8 Å². The summed E-state index contributed by atoms with van der Waals surface area (Å²) < 4.78 is 49.1. The van der Waals surface area contributed by atoms with E-state index in [-0.39, 0.29) is 17.9 Å². The van der Waals surface area contributed by atoms with Gasteiger partial charge in [0, 0.05) is 30.4 Å². The Hall–Kier alpha value is -4.10. The molecule has 1 N–H and O–H groups in total. The molecular formula is C27H33N7O5S. The Bertz CT molecular complexity index is 1550. The fourth-order valence-electron chi connectivity index (χ4n) is 4.09. The quantitative estimate of drug-likeness (QED) is 0.282. The molecule has 0 amide bonds. The maximum absolute atomic E-state index is 13.9. The maximum Gasteiger partial charge on any atom is 0.243 e. The predicted octanol–water partition coefficient (Wildman–Crippen LogP) is 4.05. The van der Waals surface area contributed by atoms with Gasteiger partial charge in [-0.15, -0.1) is 10.2 Å². The highest BCUT2D eigenvalue weighted by atomic mass is 32.2. The number of nitrogens with zero attached hydrogens (tertiary/aromatic N) is 6. The van der Waals surface area contributed by atoms with Gasteiger partial charge in [-0.2, -0.15) is 0 Å². The molecule has 0 aliphatic rings. The number of methoxy groups -OCH3 is 2. The fourth-order valence-corrected chi connectivity index (χ4v) is 5.17. The van der Waals surface area contributed by atoms with Crippen LogP contribution in [0.5, 0.6) is 11.5 Å². The van der Waals surface area contributed by atoms with E-state index in [1.54, 1.807) is 47.6 Å². The number of hydrogen-bond acceptors (Lipinski definition) is 10. The van der Waals surface area contributed by atoms with Gasteiger partial charge in [0.25, 0.3) is 0 Å². The zero-order chi connectivity index (χ0) is 29.0. The molecule has 212 valence electrons. The summed E-state index contributed by atoms with van der Waals surface area (Å²) in [6, 6.07) is 7.11. The number of benzene rings is 1. The average Bonchev–Trinajstić information content (AvgIpc) is 3.33. The topological polar surface area (TPSA) is 143 Å². The minimum absolute atomic E-state index is 0.0701. The third-order valence-corrected chi connectivity index (χ3v) is 7.74. The number of rotatable bonds is 11. The molecular weight excluding hydrogens is 534 g/mol. The minimum Gasteiger partial charge on any atom is -0.494 e. The molecule has 0 aliphatic heterocycles. The number of ether oxygens (including phenoxy) is 3. The molecule has 0 bridgehead atoms. The van der Waals surface area contributed by atoms with Crippen LogP contribution in [-0.4, -0.2) is 63.7 Å². The molecule has 3 aromatic heterocycles. The Morgan fingerprint density at radius 1 is 0.900 bits per heavy atom. The second-order valence-electron chi connectivity index (χ2n) is 9.52. The third kappa shape index (κ3) is 6.05. The molecule has 0 unspecified atom stereocenters. The molecule has 0 fully saturated rings. The van der Waals surface area contributed by atoms with Crippen LogP contribution in [0.25, 0.3) is 17.1 Å². The standard InChI is InChI=1S/C27H33N7O5S/c1-16(2)39-24(25-29-13-18(4)14-30-25)19(5)40(35,36)33-27-32-31-26(20-11-17(3)12-28-15-20)34(27)23-21(37-6)9-8-10-22(23)38-7/h8-16,19,24H,1-7H3,(H,32,33)/t19-,24+/m1/s1. The van der Waals surface area contributed by atoms with Crippen LogP contribution < -0.4 is 14.2 Å². The van der Waals surface area contributed by atoms with Crippen LogP contribution in [0.15, 0.2) is 49.1 Å². The molecule has 0 aliphatic carbocycles. The van der Waals surface area contributed by atoms with Gasteiger partial charge in [-0.3, -0.25) is 14.3 Å². The summed E-state index contributed by atoms with van der Waals surface area (Å²) in [5.41, 5.74) is 2.77. The van der Waals surface area contributed by atoms with E-state index in [0.29, 0.717) is 28.6 Å². The first kappa shape index (κ1) is 28.9. The van der Waals surface area contributed by atoms with Gasteiger partial charge in [0.1, 0.15) is 28.5 Å². The van der Waals surface area contributed by atoms with E-state index in [2.05, 4.69) is 29.9 Å². The van der Waals surface area contributed by atoms with Crippen molar-refractivity contribution in [3.63, 3.8) is 0 Å². The van der Waals surface area contributed by atoms with Gasteiger partial charge in [0.05, 0.1) is 20.3 Å². The Morgan fingerprint density at radius 3 is 2.12 bits per heavy atom. The van der Waals surface area contributed by atoms with Gasteiger partial charge < -0.3 is 14.2 Å². The van der Waals surface area contributed by atoms with Crippen molar-refractivity contribution >= 4 is 16.0 Å². The summed E-state index contributed by atoms with van der Waals surface area (Å²) in [4.78, 5) is 12.9. The van der Waals surface area contributed by atoms with Crippen molar-refractivity contribution in [2.75, 3.05) is 18.9 Å². The average molecular weight is 568 g/mol. The second-order valence-corrected chi connectivity index (χ2v) is 11.6. The number of pyridine rings is 1. The van der Waals surface area contributed by atoms with Gasteiger partial charge in [-0.1, -0.05) is 6.07 Å². The van der Waals surface area contributed by atoms with Gasteiger partial charge in [-0.05, 0) is 63.9 Å². The molecule has 0 radical (unpaired) electrons. The maximum atomic E-state index is 13.9. The molecule has 12 nitrogen and oxygen atoms in total. The first-order valence-corrected chi connectivity index (χ1v) is 14.1. The van der Waals surface area contributed by atoms with E-state index in [1.807, 2.05) is 33.8 Å². The Morgan fingerprint density at radius 2 is 1.55 bits per heavy atom. The van der Waals surface area contributed by atoms with Crippen molar-refractivity contribution in [1.82, 2.24) is 29.7 Å². The third-order valence-electron chi connectivity index (χ3n) is 6.05. The monoisotopic (exact) mass is 567 g/mol. The van der Waals surface area contributed by atoms with Crippen molar-refractivity contribution in [2.24, 2.45) is 0 Å². The number of nitrogens with one attached hydrogen (secondary N) is 1. The normalized spacial score (nSPS) is 13.2. The highest BCUT2D eigenvalue weighted by Crippen LogP contribution is 2.38. The van der Waals surface area contributed by atoms with Crippen LogP contribution in [0.3, 0.4) is 0 Å². The zero-order valence-electron chi connectivity index (χ0n) is 23.5. The van der Waals surface area contributed by atoms with Gasteiger partial charge in [-0.25, -0.2) is 18.4 Å². The van der Waals surface area contributed by atoms with Gasteiger partial charge in [0.2, 0.25) is 16.0 Å². The SMILES string of the molecule is COc1cccc(OC)c1-n1c(NS(=O)(=O)[C@H](C)[C@H](OC(C)C)c2ncc(C)cn2)nnc1-c1cncc(C)c1. The summed E-state index contributed by atoms with van der Waals surface area (Å²) in [5.74, 6) is 1.37. The van der Waals surface area contributed by atoms with E-state index in [4.69, 9.17) is 14.2 Å². The lowest BCUT2D eigenvalue weighted by Gasteiger charge is -2.25. The molecule has 1 aromatic carbocycles. The first-order valence-electron chi connectivity index (χ1n) is 12.6. The summed E-state index contributed by atoms with van der Waals surface area (Å²) >= 11 is 0. The largest absolute Gasteiger partial charge is 0.494 e. The summed E-state index contributed by atoms with van der Waals surface area (Å²) in [6.45, 7) is 8.92. The van der Waals surface area contributed by atoms with Crippen LogP contribution in [0.2, 0.25) is 0 Å². The fraction of sp³-hybridized carbons (Fsp3) is 0.370. The number of aromatic nitrogens is 6. The van der Waals surface area contributed by atoms with Crippen molar-refractivity contribution in [3.05, 3.63) is 66.0 Å². The minimum atomic E-state index is -4.14. The molecule has 4 aromatic rings. The van der Waals surface area contributed by atoms with Crippen molar-refractivity contribution < 1.29 is 22.6 Å². The summed E-state index contributed by atoms with van der Waals surface area (Å²) in [5, 5.41) is 7.47. The Labute approximate surface area is 233 Å². The first-order chi connectivity index (χ1) is 19.1. The molecule has 40 heavy (non-hydrogen) atoms. The molecule has 0 saturated carbocycles. The van der Waals surface area contributed by atoms with E-state index in [1.165, 1.54) is 21.1 Å². The zero-order valence-corrected chi connectivity index (χ0v) is 24.3. The molecule has 0 saturated heterocycles. The summed E-state index contributed by atoms with van der Waals surface area (Å²) in [6.07, 6.45) is 5.35. The number of aryl methyl sites for hydroxylation is 2. The molecule has 0 spiro atoms. The van der Waals surface area contributed by atoms with Gasteiger partial charge in [0.15, 0.2) is 11.6 Å². The van der Waals surface area contributed by atoms with E-state index < -0.39 is 21.4 Å². The number of hydrogen-bond donors (Lipinski definition) is 1. The highest BCUT2D eigenvalue weighted by molar-refractivity contribution is 7.93. The van der Waals surface area contributed by atoms with Crippen LogP contribution in [0.4, 0.5) is 5.95 Å². The van der Waals surface area contributed by atoms with Crippen molar-refractivity contribution in [3.8, 4) is 28.6 Å². The summed E-state index contributed by atoms with van der Waals surface area (Å²) in [7, 11) is -1.12. The van der Waals surface area contributed by atoms with Crippen LogP contribution in [-0.2, 0) is 14.8 Å². The van der Waals surface area contributed by atoms with Crippen molar-refractivity contribution in [1.29, 1.82) is 0 Å². The van der Waals surface area contributed by atoms with Crippen LogP contribution >= 0.6 is 0 Å². The van der Waals surface area contributed by atoms with E-state index >= 15 is 0 Å².